The van der Waals surface area contributed by atoms with E-state index in [-0.39, 0.29) is 13.0 Å². The number of carboxylic acids is 1. The molecule has 1 rings (SSSR count). The number of benzene rings is 1. The number of nitrogens with zero attached hydrogens (tertiary/aromatic N) is 1. The highest BCUT2D eigenvalue weighted by Crippen LogP contribution is 2.31. The van der Waals surface area contributed by atoms with Gasteiger partial charge in [-0.05, 0) is 24.6 Å². The standard InChI is InChI=1S/C14H18F3NO2/c1-2-3-8-18(9-7-13(19)20)12-6-4-5-11(10-12)14(15,16)17/h4-6,10H,2-3,7-9H2,1H3,(H,19,20). The Labute approximate surface area is 116 Å². The van der Waals surface area contributed by atoms with Crippen LogP contribution in [0.4, 0.5) is 18.9 Å². The average Bonchev–Trinajstić information content (AvgIpc) is 2.38. The van der Waals surface area contributed by atoms with Gasteiger partial charge in [-0.3, -0.25) is 4.79 Å². The van der Waals surface area contributed by atoms with Crippen molar-refractivity contribution in [2.75, 3.05) is 18.0 Å². The van der Waals surface area contributed by atoms with Gasteiger partial charge in [0.05, 0.1) is 12.0 Å². The van der Waals surface area contributed by atoms with Gasteiger partial charge in [0, 0.05) is 18.8 Å². The molecule has 0 unspecified atom stereocenters. The van der Waals surface area contributed by atoms with Gasteiger partial charge in [-0.1, -0.05) is 19.4 Å². The fraction of sp³-hybridized carbons (Fsp3) is 0.500. The molecule has 0 amide bonds. The van der Waals surface area contributed by atoms with Crippen LogP contribution in [0.2, 0.25) is 0 Å². The minimum atomic E-state index is -4.39. The monoisotopic (exact) mass is 289 g/mol. The third-order valence-electron chi connectivity index (χ3n) is 2.92. The fourth-order valence-corrected chi connectivity index (χ4v) is 1.83. The Hall–Kier alpha value is -1.72. The van der Waals surface area contributed by atoms with Gasteiger partial charge in [0.2, 0.25) is 0 Å². The number of hydrogen-bond acceptors (Lipinski definition) is 2. The summed E-state index contributed by atoms with van der Waals surface area (Å²) in [7, 11) is 0. The van der Waals surface area contributed by atoms with E-state index in [9.17, 15) is 18.0 Å². The number of hydrogen-bond donors (Lipinski definition) is 1. The van der Waals surface area contributed by atoms with E-state index in [1.54, 1.807) is 11.0 Å². The minimum Gasteiger partial charge on any atom is -0.481 e. The average molecular weight is 289 g/mol. The molecular formula is C14H18F3NO2. The van der Waals surface area contributed by atoms with Crippen LogP contribution in [0.3, 0.4) is 0 Å². The van der Waals surface area contributed by atoms with Crippen LogP contribution >= 0.6 is 0 Å². The quantitative estimate of drug-likeness (QED) is 0.830. The van der Waals surface area contributed by atoms with Crippen molar-refractivity contribution in [1.82, 2.24) is 0 Å². The van der Waals surface area contributed by atoms with Gasteiger partial charge in [0.15, 0.2) is 0 Å². The Morgan fingerprint density at radius 3 is 2.55 bits per heavy atom. The highest BCUT2D eigenvalue weighted by atomic mass is 19.4. The zero-order valence-electron chi connectivity index (χ0n) is 11.3. The fourth-order valence-electron chi connectivity index (χ4n) is 1.83. The number of anilines is 1. The summed E-state index contributed by atoms with van der Waals surface area (Å²) in [4.78, 5) is 12.3. The number of unbranched alkanes of at least 4 members (excludes halogenated alkanes) is 1. The molecule has 0 saturated heterocycles. The highest BCUT2D eigenvalue weighted by molar-refractivity contribution is 5.67. The molecule has 0 spiro atoms. The molecule has 112 valence electrons. The molecule has 1 aromatic carbocycles. The predicted molar refractivity (Wildman–Crippen MR) is 70.8 cm³/mol. The Morgan fingerprint density at radius 1 is 1.30 bits per heavy atom. The van der Waals surface area contributed by atoms with E-state index in [4.69, 9.17) is 5.11 Å². The molecule has 6 heteroatoms. The molecule has 0 aliphatic rings. The van der Waals surface area contributed by atoms with Gasteiger partial charge in [0.25, 0.3) is 0 Å². The normalized spacial score (nSPS) is 11.4. The number of carboxylic acid groups (broad SMARTS) is 1. The van der Waals surface area contributed by atoms with E-state index in [1.165, 1.54) is 6.07 Å². The first-order valence-electron chi connectivity index (χ1n) is 6.48. The molecule has 1 N–H and O–H groups in total. The molecule has 20 heavy (non-hydrogen) atoms. The van der Waals surface area contributed by atoms with Gasteiger partial charge in [-0.15, -0.1) is 0 Å². The number of carbonyl (C=O) groups is 1. The van der Waals surface area contributed by atoms with Crippen LogP contribution in [0.15, 0.2) is 24.3 Å². The first-order valence-corrected chi connectivity index (χ1v) is 6.48. The maximum atomic E-state index is 12.7. The summed E-state index contributed by atoms with van der Waals surface area (Å²) in [5.41, 5.74) is -0.304. The third kappa shape index (κ3) is 5.11. The van der Waals surface area contributed by atoms with Crippen molar-refractivity contribution in [1.29, 1.82) is 0 Å². The van der Waals surface area contributed by atoms with E-state index < -0.39 is 17.7 Å². The van der Waals surface area contributed by atoms with E-state index in [0.29, 0.717) is 12.2 Å². The zero-order chi connectivity index (χ0) is 15.2. The maximum absolute atomic E-state index is 12.7. The molecule has 0 bridgehead atoms. The summed E-state index contributed by atoms with van der Waals surface area (Å²) in [6.45, 7) is 2.73. The van der Waals surface area contributed by atoms with Crippen molar-refractivity contribution in [3.8, 4) is 0 Å². The third-order valence-corrected chi connectivity index (χ3v) is 2.92. The second-order valence-electron chi connectivity index (χ2n) is 4.53. The lowest BCUT2D eigenvalue weighted by molar-refractivity contribution is -0.138. The van der Waals surface area contributed by atoms with Gasteiger partial charge in [-0.2, -0.15) is 13.2 Å². The van der Waals surface area contributed by atoms with Crippen molar-refractivity contribution in [2.45, 2.75) is 32.4 Å². The van der Waals surface area contributed by atoms with Gasteiger partial charge in [0.1, 0.15) is 0 Å². The number of aliphatic carboxylic acids is 1. The van der Waals surface area contributed by atoms with Crippen LogP contribution in [0.5, 0.6) is 0 Å². The number of rotatable bonds is 7. The molecule has 0 aliphatic heterocycles. The van der Waals surface area contributed by atoms with Crippen LogP contribution in [0, 0.1) is 0 Å². The Balaban J connectivity index is 2.91. The van der Waals surface area contributed by atoms with E-state index in [1.807, 2.05) is 6.92 Å². The molecule has 1 aromatic rings. The molecule has 0 saturated carbocycles. The van der Waals surface area contributed by atoms with Crippen LogP contribution in [-0.4, -0.2) is 24.2 Å². The van der Waals surface area contributed by atoms with Crippen molar-refractivity contribution in [2.24, 2.45) is 0 Å². The summed E-state index contributed by atoms with van der Waals surface area (Å²) in [6, 6.07) is 5.00. The van der Waals surface area contributed by atoms with Gasteiger partial charge < -0.3 is 10.0 Å². The Kier molecular flexibility index (Phi) is 5.85. The van der Waals surface area contributed by atoms with E-state index in [0.717, 1.165) is 25.0 Å². The first-order chi connectivity index (χ1) is 9.34. The van der Waals surface area contributed by atoms with Crippen LogP contribution in [-0.2, 0) is 11.0 Å². The predicted octanol–water partition coefficient (Wildman–Crippen LogP) is 3.79. The molecule has 0 atom stereocenters. The number of halogens is 3. The van der Waals surface area contributed by atoms with E-state index >= 15 is 0 Å². The Morgan fingerprint density at radius 2 is 2.00 bits per heavy atom. The zero-order valence-corrected chi connectivity index (χ0v) is 11.3. The number of alkyl halides is 3. The summed E-state index contributed by atoms with van der Waals surface area (Å²) in [5.74, 6) is -0.960. The lowest BCUT2D eigenvalue weighted by atomic mass is 10.1. The topological polar surface area (TPSA) is 40.5 Å². The lowest BCUT2D eigenvalue weighted by Crippen LogP contribution is -2.27. The van der Waals surface area contributed by atoms with Crippen LogP contribution in [0.25, 0.3) is 0 Å². The Bertz CT molecular complexity index is 446. The molecule has 0 radical (unpaired) electrons. The lowest BCUT2D eigenvalue weighted by Gasteiger charge is -2.25. The summed E-state index contributed by atoms with van der Waals surface area (Å²) in [6.07, 6.45) is -2.79. The molecule has 0 aromatic heterocycles. The molecule has 0 aliphatic carbocycles. The van der Waals surface area contributed by atoms with Crippen LogP contribution in [0.1, 0.15) is 31.7 Å². The van der Waals surface area contributed by atoms with Crippen molar-refractivity contribution in [3.05, 3.63) is 29.8 Å². The van der Waals surface area contributed by atoms with E-state index in [2.05, 4.69) is 0 Å². The smallest absolute Gasteiger partial charge is 0.416 e. The van der Waals surface area contributed by atoms with Crippen LogP contribution < -0.4 is 4.90 Å². The molecular weight excluding hydrogens is 271 g/mol. The summed E-state index contributed by atoms with van der Waals surface area (Å²) in [5, 5.41) is 8.71. The molecule has 0 fully saturated rings. The molecule has 3 nitrogen and oxygen atoms in total. The SMILES string of the molecule is CCCCN(CCC(=O)O)c1cccc(C(F)(F)F)c1. The van der Waals surface area contributed by atoms with Gasteiger partial charge in [-0.25, -0.2) is 0 Å². The van der Waals surface area contributed by atoms with Crippen molar-refractivity contribution >= 4 is 11.7 Å². The van der Waals surface area contributed by atoms with Gasteiger partial charge >= 0.3 is 12.1 Å². The first kappa shape index (κ1) is 16.3. The van der Waals surface area contributed by atoms with Crippen molar-refractivity contribution in [3.63, 3.8) is 0 Å². The highest BCUT2D eigenvalue weighted by Gasteiger charge is 2.30. The molecule has 0 heterocycles. The maximum Gasteiger partial charge on any atom is 0.416 e. The summed E-state index contributed by atoms with van der Waals surface area (Å²) < 4.78 is 38.1. The second-order valence-corrected chi connectivity index (χ2v) is 4.53. The minimum absolute atomic E-state index is 0.0973. The summed E-state index contributed by atoms with van der Waals surface area (Å²) >= 11 is 0. The van der Waals surface area contributed by atoms with Crippen molar-refractivity contribution < 1.29 is 23.1 Å². The largest absolute Gasteiger partial charge is 0.481 e. The second kappa shape index (κ2) is 7.17.